The highest BCUT2D eigenvalue weighted by Gasteiger charge is 2.22. The molecule has 0 saturated carbocycles. The van der Waals surface area contributed by atoms with E-state index < -0.39 is 11.7 Å². The molecule has 0 spiro atoms. The maximum atomic E-state index is 12.1. The van der Waals surface area contributed by atoms with E-state index >= 15 is 0 Å². The molecule has 0 unspecified atom stereocenters. The van der Waals surface area contributed by atoms with Crippen molar-refractivity contribution in [2.45, 2.75) is 59.2 Å². The second kappa shape index (κ2) is 7.64. The van der Waals surface area contributed by atoms with Gasteiger partial charge in [-0.25, -0.2) is 10.2 Å². The van der Waals surface area contributed by atoms with Gasteiger partial charge in [0.2, 0.25) is 0 Å². The molecule has 0 atom stereocenters. The zero-order chi connectivity index (χ0) is 17.7. The molecule has 0 fully saturated rings. The lowest BCUT2D eigenvalue weighted by Crippen LogP contribution is -2.55. The van der Waals surface area contributed by atoms with Crippen molar-refractivity contribution in [2.75, 3.05) is 0 Å². The summed E-state index contributed by atoms with van der Waals surface area (Å²) in [5.74, 6) is 0. The quantitative estimate of drug-likeness (QED) is 0.638. The van der Waals surface area contributed by atoms with Crippen molar-refractivity contribution in [1.29, 1.82) is 0 Å². The second-order valence-electron chi connectivity index (χ2n) is 7.37. The van der Waals surface area contributed by atoms with Crippen LogP contribution in [0.1, 0.15) is 47.1 Å². The lowest BCUT2D eigenvalue weighted by molar-refractivity contribution is 0.0407. The van der Waals surface area contributed by atoms with Crippen LogP contribution in [0.25, 0.3) is 0 Å². The van der Waals surface area contributed by atoms with Crippen LogP contribution < -0.4 is 10.7 Å². The van der Waals surface area contributed by atoms with E-state index in [1.807, 2.05) is 71.9 Å². The normalized spacial score (nSPS) is 11.6. The zero-order valence-corrected chi connectivity index (χ0v) is 15.6. The van der Waals surface area contributed by atoms with Crippen LogP contribution >= 0.6 is 12.2 Å². The van der Waals surface area contributed by atoms with Gasteiger partial charge in [0.05, 0.1) is 6.54 Å². The van der Waals surface area contributed by atoms with Crippen molar-refractivity contribution in [1.82, 2.24) is 15.8 Å². The van der Waals surface area contributed by atoms with Crippen molar-refractivity contribution in [3.05, 3.63) is 35.9 Å². The van der Waals surface area contributed by atoms with Crippen LogP contribution in [-0.2, 0) is 11.3 Å². The van der Waals surface area contributed by atoms with Gasteiger partial charge in [-0.1, -0.05) is 30.3 Å². The number of thiocarbonyl (C=S) groups is 1. The number of hydrogen-bond donors (Lipinski definition) is 2. The van der Waals surface area contributed by atoms with Crippen molar-refractivity contribution in [3.8, 4) is 0 Å². The largest absolute Gasteiger partial charge is 0.443 e. The number of nitrogens with one attached hydrogen (secondary N) is 2. The minimum atomic E-state index is -0.568. The molecule has 1 aromatic carbocycles. The third kappa shape index (κ3) is 8.40. The number of hydrazine groups is 1. The molecule has 0 aliphatic heterocycles. The number of benzene rings is 1. The Morgan fingerprint density at radius 2 is 1.70 bits per heavy atom. The molecule has 5 nitrogen and oxygen atoms in total. The molecule has 128 valence electrons. The van der Waals surface area contributed by atoms with Gasteiger partial charge in [-0.3, -0.25) is 5.01 Å². The number of ether oxygens (including phenoxy) is 1. The van der Waals surface area contributed by atoms with Gasteiger partial charge < -0.3 is 10.1 Å². The van der Waals surface area contributed by atoms with Crippen LogP contribution in [0.15, 0.2) is 30.3 Å². The lowest BCUT2D eigenvalue weighted by atomic mass is 10.1. The zero-order valence-electron chi connectivity index (χ0n) is 14.8. The monoisotopic (exact) mass is 337 g/mol. The lowest BCUT2D eigenvalue weighted by Gasteiger charge is -2.32. The van der Waals surface area contributed by atoms with Gasteiger partial charge >= 0.3 is 6.09 Å². The highest BCUT2D eigenvalue weighted by atomic mass is 32.1. The molecule has 1 amide bonds. The van der Waals surface area contributed by atoms with Crippen LogP contribution in [0.2, 0.25) is 0 Å². The van der Waals surface area contributed by atoms with Crippen LogP contribution in [0.3, 0.4) is 0 Å². The number of carbonyl (C=O) groups is 1. The molecular weight excluding hydrogens is 310 g/mol. The Labute approximate surface area is 144 Å². The number of nitrogens with zero attached hydrogens (tertiary/aromatic N) is 1. The van der Waals surface area contributed by atoms with E-state index in [-0.39, 0.29) is 5.54 Å². The predicted molar refractivity (Wildman–Crippen MR) is 96.8 cm³/mol. The van der Waals surface area contributed by atoms with E-state index in [0.29, 0.717) is 11.7 Å². The first kappa shape index (κ1) is 19.2. The van der Waals surface area contributed by atoms with E-state index in [9.17, 15) is 4.79 Å². The predicted octanol–water partition coefficient (Wildman–Crippen LogP) is 3.60. The van der Waals surface area contributed by atoms with Crippen LogP contribution in [0.4, 0.5) is 4.79 Å². The minimum Gasteiger partial charge on any atom is -0.443 e. The highest BCUT2D eigenvalue weighted by molar-refractivity contribution is 7.80. The average molecular weight is 337 g/mol. The molecule has 0 aromatic heterocycles. The molecule has 0 radical (unpaired) electrons. The number of rotatable bonds is 2. The Kier molecular flexibility index (Phi) is 6.38. The standard InChI is InChI=1S/C17H27N3O2S/c1-16(2,3)18-14(23)20(12-13-10-8-7-9-11-13)19-15(21)22-17(4,5)6/h7-11H,12H2,1-6H3,(H,18,23)(H,19,21). The molecule has 0 heterocycles. The summed E-state index contributed by atoms with van der Waals surface area (Å²) >= 11 is 5.43. The topological polar surface area (TPSA) is 53.6 Å². The first-order valence-electron chi connectivity index (χ1n) is 7.59. The molecule has 1 rings (SSSR count). The van der Waals surface area contributed by atoms with Gasteiger partial charge in [-0.15, -0.1) is 0 Å². The Morgan fingerprint density at radius 1 is 1.13 bits per heavy atom. The Balaban J connectivity index is 2.83. The third-order valence-electron chi connectivity index (χ3n) is 2.54. The fraction of sp³-hybridized carbons (Fsp3) is 0.529. The molecular formula is C17H27N3O2S. The van der Waals surface area contributed by atoms with E-state index in [2.05, 4.69) is 10.7 Å². The van der Waals surface area contributed by atoms with Gasteiger partial charge in [-0.2, -0.15) is 0 Å². The van der Waals surface area contributed by atoms with Crippen LogP contribution in [-0.4, -0.2) is 27.4 Å². The van der Waals surface area contributed by atoms with Crippen LogP contribution in [0.5, 0.6) is 0 Å². The van der Waals surface area contributed by atoms with Gasteiger partial charge in [0, 0.05) is 5.54 Å². The summed E-state index contributed by atoms with van der Waals surface area (Å²) in [4.78, 5) is 12.1. The highest BCUT2D eigenvalue weighted by Crippen LogP contribution is 2.09. The second-order valence-corrected chi connectivity index (χ2v) is 7.75. The molecule has 6 heteroatoms. The fourth-order valence-corrected chi connectivity index (χ4v) is 2.14. The first-order valence-corrected chi connectivity index (χ1v) is 8.00. The molecule has 2 N–H and O–H groups in total. The number of amides is 1. The molecule has 0 saturated heterocycles. The molecule has 23 heavy (non-hydrogen) atoms. The summed E-state index contributed by atoms with van der Waals surface area (Å²) in [6, 6.07) is 9.79. The Bertz CT molecular complexity index is 533. The summed E-state index contributed by atoms with van der Waals surface area (Å²) in [7, 11) is 0. The van der Waals surface area contributed by atoms with Gasteiger partial charge in [0.1, 0.15) is 5.60 Å². The van der Waals surface area contributed by atoms with Gasteiger partial charge in [0.25, 0.3) is 0 Å². The first-order chi connectivity index (χ1) is 10.5. The van der Waals surface area contributed by atoms with Crippen molar-refractivity contribution in [2.24, 2.45) is 0 Å². The molecule has 0 aliphatic rings. The van der Waals surface area contributed by atoms with Gasteiger partial charge in [-0.05, 0) is 59.3 Å². The van der Waals surface area contributed by atoms with E-state index in [0.717, 1.165) is 5.56 Å². The number of carbonyl (C=O) groups excluding carboxylic acids is 1. The van der Waals surface area contributed by atoms with E-state index in [1.54, 1.807) is 5.01 Å². The minimum absolute atomic E-state index is 0.207. The number of hydrogen-bond acceptors (Lipinski definition) is 3. The van der Waals surface area contributed by atoms with E-state index in [1.165, 1.54) is 0 Å². The maximum absolute atomic E-state index is 12.1. The summed E-state index contributed by atoms with van der Waals surface area (Å²) in [5, 5.41) is 5.22. The van der Waals surface area contributed by atoms with Crippen molar-refractivity contribution >= 4 is 23.4 Å². The SMILES string of the molecule is CC(C)(C)NC(=S)N(Cc1ccccc1)NC(=O)OC(C)(C)C. The van der Waals surface area contributed by atoms with Crippen molar-refractivity contribution in [3.63, 3.8) is 0 Å². The average Bonchev–Trinajstić information content (AvgIpc) is 2.34. The smallest absolute Gasteiger partial charge is 0.426 e. The summed E-state index contributed by atoms with van der Waals surface area (Å²) in [6.07, 6.45) is -0.536. The fourth-order valence-electron chi connectivity index (χ4n) is 1.73. The molecule has 0 bridgehead atoms. The summed E-state index contributed by atoms with van der Waals surface area (Å²) < 4.78 is 5.31. The molecule has 1 aromatic rings. The summed E-state index contributed by atoms with van der Waals surface area (Å²) in [5.41, 5.74) is 2.97. The maximum Gasteiger partial charge on any atom is 0.426 e. The van der Waals surface area contributed by atoms with Gasteiger partial charge in [0.15, 0.2) is 5.11 Å². The third-order valence-corrected chi connectivity index (χ3v) is 2.86. The summed E-state index contributed by atoms with van der Waals surface area (Å²) in [6.45, 7) is 11.9. The Hall–Kier alpha value is -1.82. The van der Waals surface area contributed by atoms with Crippen molar-refractivity contribution < 1.29 is 9.53 Å². The Morgan fingerprint density at radius 3 is 2.17 bits per heavy atom. The van der Waals surface area contributed by atoms with E-state index in [4.69, 9.17) is 17.0 Å². The van der Waals surface area contributed by atoms with Crippen LogP contribution in [0, 0.1) is 0 Å². The molecule has 0 aliphatic carbocycles.